The number of nitrogens with zero attached hydrogens (tertiary/aromatic N) is 3. The zero-order chi connectivity index (χ0) is 22.6. The van der Waals surface area contributed by atoms with Crippen LogP contribution >= 0.6 is 0 Å². The van der Waals surface area contributed by atoms with Crippen molar-refractivity contribution in [3.63, 3.8) is 0 Å². The van der Waals surface area contributed by atoms with Gasteiger partial charge in [0.25, 0.3) is 5.56 Å². The molecule has 0 saturated carbocycles. The highest BCUT2D eigenvalue weighted by molar-refractivity contribution is 5.89. The summed E-state index contributed by atoms with van der Waals surface area (Å²) in [6.45, 7) is 0.389. The maximum atomic E-state index is 12.7. The molecule has 0 radical (unpaired) electrons. The summed E-state index contributed by atoms with van der Waals surface area (Å²) >= 11 is 0. The summed E-state index contributed by atoms with van der Waals surface area (Å²) in [7, 11) is 0. The van der Waals surface area contributed by atoms with Crippen molar-refractivity contribution in [2.75, 3.05) is 5.32 Å². The summed E-state index contributed by atoms with van der Waals surface area (Å²) in [6, 6.07) is 20.7. The molecule has 2 aromatic heterocycles. The number of carbonyl (C=O) groups excluding carboxylic acids is 1. The molecule has 2 heterocycles. The lowest BCUT2D eigenvalue weighted by atomic mass is 9.97. The van der Waals surface area contributed by atoms with Crippen LogP contribution in [0.4, 0.5) is 10.6 Å². The van der Waals surface area contributed by atoms with E-state index in [0.29, 0.717) is 24.0 Å². The number of fused-ring (bicyclic) bond motifs is 1. The molecule has 166 valence electrons. The first-order valence-electron chi connectivity index (χ1n) is 11.0. The van der Waals surface area contributed by atoms with Crippen LogP contribution in [0, 0.1) is 0 Å². The van der Waals surface area contributed by atoms with Gasteiger partial charge in [0, 0.05) is 23.7 Å². The first kappa shape index (κ1) is 20.7. The maximum Gasteiger partial charge on any atom is 0.320 e. The monoisotopic (exact) mass is 440 g/mol. The van der Waals surface area contributed by atoms with Crippen molar-refractivity contribution >= 4 is 11.8 Å². The van der Waals surface area contributed by atoms with Gasteiger partial charge >= 0.3 is 6.03 Å². The molecule has 0 bridgehead atoms. The molecule has 1 aliphatic carbocycles. The van der Waals surface area contributed by atoms with E-state index in [9.17, 15) is 9.59 Å². The minimum Gasteiger partial charge on any atom is -0.334 e. The van der Waals surface area contributed by atoms with Crippen LogP contribution in [0.1, 0.15) is 29.7 Å². The number of H-pyrrole nitrogens is 1. The van der Waals surface area contributed by atoms with Crippen molar-refractivity contribution in [2.45, 2.75) is 32.2 Å². The van der Waals surface area contributed by atoms with Crippen molar-refractivity contribution in [2.24, 2.45) is 0 Å². The largest absolute Gasteiger partial charge is 0.334 e. The number of carbonyl (C=O) groups is 1. The van der Waals surface area contributed by atoms with Crippen molar-refractivity contribution in [3.05, 3.63) is 93.9 Å². The summed E-state index contributed by atoms with van der Waals surface area (Å²) in [6.07, 6.45) is 3.49. The molecule has 1 aliphatic rings. The van der Waals surface area contributed by atoms with Gasteiger partial charge in [0.05, 0.1) is 11.4 Å². The lowest BCUT2D eigenvalue weighted by Crippen LogP contribution is -2.30. The summed E-state index contributed by atoms with van der Waals surface area (Å²) in [5, 5.41) is 10.4. The third-order valence-electron chi connectivity index (χ3n) is 5.70. The maximum absolute atomic E-state index is 12.7. The fourth-order valence-corrected chi connectivity index (χ4v) is 4.01. The Morgan fingerprint density at radius 1 is 1.00 bits per heavy atom. The van der Waals surface area contributed by atoms with E-state index in [1.807, 2.05) is 60.7 Å². The van der Waals surface area contributed by atoms with Crippen molar-refractivity contribution < 1.29 is 4.79 Å². The lowest BCUT2D eigenvalue weighted by Gasteiger charge is -2.15. The van der Waals surface area contributed by atoms with E-state index in [0.717, 1.165) is 48.1 Å². The quantitative estimate of drug-likeness (QED) is 0.439. The normalized spacial score (nSPS) is 12.7. The topological polar surface area (TPSA) is 105 Å². The molecule has 0 fully saturated rings. The van der Waals surface area contributed by atoms with Crippen molar-refractivity contribution in [1.29, 1.82) is 0 Å². The number of anilines is 1. The molecular formula is C25H24N6O2. The summed E-state index contributed by atoms with van der Waals surface area (Å²) in [5.74, 6) is 0.708. The summed E-state index contributed by atoms with van der Waals surface area (Å²) in [4.78, 5) is 32.9. The third kappa shape index (κ3) is 4.55. The number of hydrogen-bond acceptors (Lipinski definition) is 4. The predicted octanol–water partition coefficient (Wildman–Crippen LogP) is 3.82. The van der Waals surface area contributed by atoms with Gasteiger partial charge in [-0.05, 0) is 31.2 Å². The Hall–Kier alpha value is -4.20. The molecule has 0 unspecified atom stereocenters. The minimum absolute atomic E-state index is 0.147. The van der Waals surface area contributed by atoms with Crippen LogP contribution in [-0.2, 0) is 19.4 Å². The first-order chi connectivity index (χ1) is 16.2. The number of rotatable bonds is 5. The third-order valence-corrected chi connectivity index (χ3v) is 5.70. The molecule has 0 saturated heterocycles. The summed E-state index contributed by atoms with van der Waals surface area (Å²) in [5.41, 5.74) is 3.95. The Morgan fingerprint density at radius 3 is 2.52 bits per heavy atom. The molecule has 3 N–H and O–H groups in total. The van der Waals surface area contributed by atoms with Gasteiger partial charge in [-0.1, -0.05) is 60.7 Å². The zero-order valence-electron chi connectivity index (χ0n) is 18.0. The van der Waals surface area contributed by atoms with Crippen LogP contribution in [0.25, 0.3) is 17.2 Å². The number of benzene rings is 2. The van der Waals surface area contributed by atoms with E-state index in [1.165, 1.54) is 4.68 Å². The Morgan fingerprint density at radius 2 is 1.73 bits per heavy atom. The Bertz CT molecular complexity index is 1330. The van der Waals surface area contributed by atoms with Gasteiger partial charge in [-0.15, -0.1) is 0 Å². The molecule has 0 aliphatic heterocycles. The molecule has 2 amide bonds. The highest BCUT2D eigenvalue weighted by atomic mass is 16.2. The zero-order valence-corrected chi connectivity index (χ0v) is 18.0. The number of aryl methyl sites for hydroxylation is 1. The molecule has 0 spiro atoms. The fraction of sp³-hybridized carbons (Fsp3) is 0.200. The van der Waals surface area contributed by atoms with E-state index in [4.69, 9.17) is 0 Å². The van der Waals surface area contributed by atoms with Gasteiger partial charge in [0.2, 0.25) is 5.95 Å². The molecule has 5 rings (SSSR count). The average molecular weight is 441 g/mol. The van der Waals surface area contributed by atoms with Crippen molar-refractivity contribution in [1.82, 2.24) is 25.1 Å². The Balaban J connectivity index is 1.47. The predicted molar refractivity (Wildman–Crippen MR) is 126 cm³/mol. The average Bonchev–Trinajstić information content (AvgIpc) is 3.28. The molecule has 2 aromatic carbocycles. The number of hydrogen-bond donors (Lipinski definition) is 3. The number of amides is 2. The summed E-state index contributed by atoms with van der Waals surface area (Å²) < 4.78 is 1.49. The highest BCUT2D eigenvalue weighted by Gasteiger charge is 2.20. The van der Waals surface area contributed by atoms with E-state index in [-0.39, 0.29) is 11.6 Å². The SMILES string of the molecule is O=C(NCc1ccccc1)Nc1cc(-c2ccccc2)nn1-c1nc2c(c(=O)[nH]1)CCCC2. The fourth-order valence-electron chi connectivity index (χ4n) is 4.01. The number of nitrogens with one attached hydrogen (secondary N) is 3. The number of aromatic nitrogens is 4. The molecular weight excluding hydrogens is 416 g/mol. The smallest absolute Gasteiger partial charge is 0.320 e. The minimum atomic E-state index is -0.375. The number of urea groups is 1. The van der Waals surface area contributed by atoms with Crippen molar-refractivity contribution in [3.8, 4) is 17.2 Å². The molecule has 8 heteroatoms. The van der Waals surface area contributed by atoms with Crippen LogP contribution in [0.2, 0.25) is 0 Å². The highest BCUT2D eigenvalue weighted by Crippen LogP contribution is 2.24. The molecule has 0 atom stereocenters. The van der Waals surface area contributed by atoms with Crippen LogP contribution in [-0.4, -0.2) is 25.8 Å². The van der Waals surface area contributed by atoms with Crippen LogP contribution < -0.4 is 16.2 Å². The second-order valence-corrected chi connectivity index (χ2v) is 8.01. The number of aromatic amines is 1. The van der Waals surface area contributed by atoms with Gasteiger partial charge < -0.3 is 5.32 Å². The van der Waals surface area contributed by atoms with Crippen LogP contribution in [0.15, 0.2) is 71.5 Å². The van der Waals surface area contributed by atoms with Gasteiger partial charge in [0.15, 0.2) is 0 Å². The van der Waals surface area contributed by atoms with Gasteiger partial charge in [-0.2, -0.15) is 9.78 Å². The van der Waals surface area contributed by atoms with Gasteiger partial charge in [0.1, 0.15) is 5.82 Å². The Kier molecular flexibility index (Phi) is 5.72. The van der Waals surface area contributed by atoms with Crippen LogP contribution in [0.3, 0.4) is 0 Å². The first-order valence-corrected chi connectivity index (χ1v) is 11.0. The molecule has 4 aromatic rings. The molecule has 33 heavy (non-hydrogen) atoms. The Labute approximate surface area is 190 Å². The standard InChI is InChI=1S/C25H24N6O2/c32-23-19-13-7-8-14-20(19)27-24(29-23)31-22(15-21(30-31)18-11-5-2-6-12-18)28-25(33)26-16-17-9-3-1-4-10-17/h1-6,9-12,15H,7-8,13-14,16H2,(H2,26,28,33)(H,27,29,32). The lowest BCUT2D eigenvalue weighted by molar-refractivity contribution is 0.251. The van der Waals surface area contributed by atoms with E-state index in [2.05, 4.69) is 25.7 Å². The molecule has 8 nitrogen and oxygen atoms in total. The van der Waals surface area contributed by atoms with E-state index < -0.39 is 0 Å². The van der Waals surface area contributed by atoms with E-state index in [1.54, 1.807) is 6.07 Å². The second-order valence-electron chi connectivity index (χ2n) is 8.01. The second kappa shape index (κ2) is 9.12. The van der Waals surface area contributed by atoms with E-state index >= 15 is 0 Å². The van der Waals surface area contributed by atoms with Gasteiger partial charge in [-0.25, -0.2) is 9.78 Å². The van der Waals surface area contributed by atoms with Gasteiger partial charge in [-0.3, -0.25) is 15.1 Å². The van der Waals surface area contributed by atoms with Crippen LogP contribution in [0.5, 0.6) is 0 Å².